The number of benzene rings is 2. The highest BCUT2D eigenvalue weighted by Crippen LogP contribution is 2.37. The maximum Gasteiger partial charge on any atom is 0.243 e. The van der Waals surface area contributed by atoms with Gasteiger partial charge in [-0.25, -0.2) is 4.68 Å². The van der Waals surface area contributed by atoms with Crippen LogP contribution in [-0.4, -0.2) is 20.2 Å². The number of rotatable bonds is 2. The zero-order valence-corrected chi connectivity index (χ0v) is 15.2. The monoisotopic (exact) mass is 383 g/mol. The van der Waals surface area contributed by atoms with Crippen molar-refractivity contribution in [3.63, 3.8) is 0 Å². The summed E-state index contributed by atoms with van der Waals surface area (Å²) in [4.78, 5) is 0. The molecule has 0 aliphatic carbocycles. The number of tetrazole rings is 1. The number of aryl methyl sites for hydroxylation is 2. The van der Waals surface area contributed by atoms with Gasteiger partial charge in [0.2, 0.25) is 5.95 Å². The topological polar surface area (TPSA) is 55.6 Å². The van der Waals surface area contributed by atoms with E-state index < -0.39 is 0 Å². The van der Waals surface area contributed by atoms with Crippen LogP contribution < -0.4 is 5.32 Å². The molecule has 1 aromatic heterocycles. The van der Waals surface area contributed by atoms with E-state index in [0.29, 0.717) is 0 Å². The zero-order valence-electron chi connectivity index (χ0n) is 13.6. The average Bonchev–Trinajstić information content (AvgIpc) is 3.05. The second-order valence-corrected chi connectivity index (χ2v) is 7.21. The fraction of sp³-hybridized carbons (Fsp3) is 0.278. The third kappa shape index (κ3) is 2.71. The van der Waals surface area contributed by atoms with E-state index in [1.165, 1.54) is 22.3 Å². The van der Waals surface area contributed by atoms with Crippen molar-refractivity contribution in [3.8, 4) is 0 Å². The normalized spacial score (nSPS) is 19.6. The molecule has 1 aliphatic heterocycles. The first-order chi connectivity index (χ1) is 11.6. The average molecular weight is 384 g/mol. The van der Waals surface area contributed by atoms with Gasteiger partial charge in [0.05, 0.1) is 12.1 Å². The minimum Gasteiger partial charge on any atom is -0.346 e. The van der Waals surface area contributed by atoms with Crippen molar-refractivity contribution in [3.05, 3.63) is 69.2 Å². The molecule has 122 valence electrons. The third-order valence-electron chi connectivity index (χ3n) is 4.72. The van der Waals surface area contributed by atoms with E-state index in [-0.39, 0.29) is 12.1 Å². The predicted octanol–water partition coefficient (Wildman–Crippen LogP) is 4.20. The summed E-state index contributed by atoms with van der Waals surface area (Å²) in [5.74, 6) is 0.717. The lowest BCUT2D eigenvalue weighted by atomic mass is 9.92. The molecule has 0 amide bonds. The first-order valence-electron chi connectivity index (χ1n) is 7.99. The molecule has 0 saturated heterocycles. The van der Waals surface area contributed by atoms with Gasteiger partial charge >= 0.3 is 0 Å². The van der Waals surface area contributed by atoms with Crippen LogP contribution >= 0.6 is 15.9 Å². The van der Waals surface area contributed by atoms with E-state index in [9.17, 15) is 0 Å². The Kier molecular flexibility index (Phi) is 3.84. The van der Waals surface area contributed by atoms with Crippen molar-refractivity contribution in [2.45, 2.75) is 32.4 Å². The Bertz CT molecular complexity index is 889. The van der Waals surface area contributed by atoms with Crippen molar-refractivity contribution in [2.75, 3.05) is 5.32 Å². The van der Waals surface area contributed by atoms with Crippen LogP contribution in [-0.2, 0) is 0 Å². The van der Waals surface area contributed by atoms with Crippen LogP contribution in [0.1, 0.15) is 40.8 Å². The molecule has 0 fully saturated rings. The second kappa shape index (κ2) is 6.02. The lowest BCUT2D eigenvalue weighted by molar-refractivity contribution is 0.423. The molecule has 2 heterocycles. The number of fused-ring (bicyclic) bond motifs is 1. The number of hydrogen-bond donors (Lipinski definition) is 1. The van der Waals surface area contributed by atoms with E-state index in [2.05, 4.69) is 87.0 Å². The smallest absolute Gasteiger partial charge is 0.243 e. The van der Waals surface area contributed by atoms with E-state index in [1.54, 1.807) is 0 Å². The molecule has 0 spiro atoms. The van der Waals surface area contributed by atoms with Crippen LogP contribution in [0.15, 0.2) is 46.9 Å². The van der Waals surface area contributed by atoms with Gasteiger partial charge in [-0.05, 0) is 65.1 Å². The minimum absolute atomic E-state index is 0.111. The molecule has 0 saturated carbocycles. The predicted molar refractivity (Wildman–Crippen MR) is 97.0 cm³/mol. The Labute approximate surface area is 149 Å². The summed E-state index contributed by atoms with van der Waals surface area (Å²) in [6.45, 7) is 4.29. The van der Waals surface area contributed by atoms with Gasteiger partial charge in [-0.1, -0.05) is 51.4 Å². The van der Waals surface area contributed by atoms with Gasteiger partial charge in [0.25, 0.3) is 0 Å². The molecule has 5 nitrogen and oxygen atoms in total. The Balaban J connectivity index is 1.74. The summed E-state index contributed by atoms with van der Waals surface area (Å²) in [5, 5.41) is 15.7. The Morgan fingerprint density at radius 1 is 1.08 bits per heavy atom. The van der Waals surface area contributed by atoms with Crippen molar-refractivity contribution >= 4 is 21.9 Å². The van der Waals surface area contributed by atoms with Crippen LogP contribution in [0.4, 0.5) is 5.95 Å². The molecule has 2 aromatic carbocycles. The van der Waals surface area contributed by atoms with Crippen LogP contribution in [0.2, 0.25) is 0 Å². The lowest BCUT2D eigenvalue weighted by Gasteiger charge is -2.31. The fourth-order valence-electron chi connectivity index (χ4n) is 3.23. The lowest BCUT2D eigenvalue weighted by Crippen LogP contribution is -2.28. The summed E-state index contributed by atoms with van der Waals surface area (Å²) >= 11 is 3.56. The Hall–Kier alpha value is -2.21. The number of anilines is 1. The van der Waals surface area contributed by atoms with Gasteiger partial charge in [0.15, 0.2) is 0 Å². The molecule has 0 unspecified atom stereocenters. The molecule has 1 N–H and O–H groups in total. The third-order valence-corrected chi connectivity index (χ3v) is 5.21. The maximum absolute atomic E-state index is 4.18. The highest BCUT2D eigenvalue weighted by atomic mass is 79.9. The molecule has 3 aromatic rings. The molecule has 0 radical (unpaired) electrons. The Morgan fingerprint density at radius 3 is 2.75 bits per heavy atom. The van der Waals surface area contributed by atoms with Crippen molar-refractivity contribution in [1.29, 1.82) is 0 Å². The minimum atomic E-state index is 0.111. The summed E-state index contributed by atoms with van der Waals surface area (Å²) < 4.78 is 2.94. The SMILES string of the molecule is Cc1ccc([C@H]2C[C@H](c3cccc(Br)c3)n3nnnc3N2)cc1C. The number of halogens is 1. The standard InChI is InChI=1S/C18H18BrN5/c1-11-6-7-13(8-12(11)2)16-10-17(14-4-3-5-15(19)9-14)24-18(20-16)21-22-23-24/h3-9,16-17H,10H2,1-2H3,(H,20,21,23)/t16-,17-/m1/s1. The summed E-state index contributed by atoms with van der Waals surface area (Å²) in [5.41, 5.74) is 5.09. The molecule has 4 rings (SSSR count). The molecule has 6 heteroatoms. The number of hydrogen-bond acceptors (Lipinski definition) is 4. The zero-order chi connectivity index (χ0) is 16.7. The molecule has 0 bridgehead atoms. The number of nitrogens with zero attached hydrogens (tertiary/aromatic N) is 4. The first-order valence-corrected chi connectivity index (χ1v) is 8.78. The van der Waals surface area contributed by atoms with Crippen LogP contribution in [0.5, 0.6) is 0 Å². The van der Waals surface area contributed by atoms with Gasteiger partial charge in [-0.3, -0.25) is 0 Å². The number of nitrogens with one attached hydrogen (secondary N) is 1. The molecule has 2 atom stereocenters. The van der Waals surface area contributed by atoms with Gasteiger partial charge in [-0.15, -0.1) is 0 Å². The first kappa shape index (κ1) is 15.3. The van der Waals surface area contributed by atoms with Gasteiger partial charge in [0.1, 0.15) is 0 Å². The van der Waals surface area contributed by atoms with Gasteiger partial charge in [-0.2, -0.15) is 0 Å². The fourth-order valence-corrected chi connectivity index (χ4v) is 3.65. The quantitative estimate of drug-likeness (QED) is 0.720. The second-order valence-electron chi connectivity index (χ2n) is 6.29. The van der Waals surface area contributed by atoms with Crippen LogP contribution in [0.25, 0.3) is 0 Å². The molecular formula is C18H18BrN5. The molecule has 1 aliphatic rings. The van der Waals surface area contributed by atoms with Crippen molar-refractivity contribution in [2.24, 2.45) is 0 Å². The van der Waals surface area contributed by atoms with Crippen LogP contribution in [0.3, 0.4) is 0 Å². The molecular weight excluding hydrogens is 366 g/mol. The largest absolute Gasteiger partial charge is 0.346 e. The van der Waals surface area contributed by atoms with Gasteiger partial charge in [0, 0.05) is 4.47 Å². The highest BCUT2D eigenvalue weighted by molar-refractivity contribution is 9.10. The summed E-state index contributed by atoms with van der Waals surface area (Å²) in [7, 11) is 0. The van der Waals surface area contributed by atoms with Crippen LogP contribution in [0, 0.1) is 13.8 Å². The van der Waals surface area contributed by atoms with Crippen molar-refractivity contribution < 1.29 is 0 Å². The van der Waals surface area contributed by atoms with E-state index in [0.717, 1.165) is 16.8 Å². The molecule has 24 heavy (non-hydrogen) atoms. The summed E-state index contributed by atoms with van der Waals surface area (Å²) in [6, 6.07) is 15.3. The van der Waals surface area contributed by atoms with Gasteiger partial charge < -0.3 is 5.32 Å². The Morgan fingerprint density at radius 2 is 1.96 bits per heavy atom. The maximum atomic E-state index is 4.18. The van der Waals surface area contributed by atoms with E-state index in [4.69, 9.17) is 0 Å². The highest BCUT2D eigenvalue weighted by Gasteiger charge is 2.30. The van der Waals surface area contributed by atoms with E-state index in [1.807, 2.05) is 10.7 Å². The number of aromatic nitrogens is 4. The summed E-state index contributed by atoms with van der Waals surface area (Å²) in [6.07, 6.45) is 0.900. The van der Waals surface area contributed by atoms with Crippen molar-refractivity contribution in [1.82, 2.24) is 20.2 Å². The van der Waals surface area contributed by atoms with E-state index >= 15 is 0 Å².